The second-order valence-corrected chi connectivity index (χ2v) is 6.78. The molecule has 1 amide bonds. The van der Waals surface area contributed by atoms with Crippen molar-refractivity contribution >= 4 is 49.9 Å². The monoisotopic (exact) mass is 455 g/mol. The Bertz CT molecular complexity index is 984. The lowest BCUT2D eigenvalue weighted by atomic mass is 10.1. The predicted molar refractivity (Wildman–Crippen MR) is 104 cm³/mol. The first-order chi connectivity index (χ1) is 12.9. The summed E-state index contributed by atoms with van der Waals surface area (Å²) in [6.07, 6.45) is 0. The van der Waals surface area contributed by atoms with Crippen molar-refractivity contribution in [1.29, 1.82) is 0 Å². The zero-order chi connectivity index (χ0) is 19.4. The molecule has 0 radical (unpaired) electrons. The Balaban J connectivity index is 1.70. The third-order valence-electron chi connectivity index (χ3n) is 3.58. The van der Waals surface area contributed by atoms with E-state index < -0.39 is 12.5 Å². The highest BCUT2D eigenvalue weighted by Gasteiger charge is 2.17. The highest BCUT2D eigenvalue weighted by Crippen LogP contribution is 2.37. The van der Waals surface area contributed by atoms with Crippen LogP contribution in [0, 0.1) is 0 Å². The maximum absolute atomic E-state index is 12.6. The molecule has 8 heteroatoms. The van der Waals surface area contributed by atoms with Gasteiger partial charge in [-0.1, -0.05) is 41.9 Å². The molecule has 0 unspecified atom stereocenters. The van der Waals surface area contributed by atoms with Gasteiger partial charge in [-0.25, -0.2) is 0 Å². The average Bonchev–Trinajstić information content (AvgIpc) is 2.62. The molecule has 0 aliphatic rings. The number of rotatable bonds is 6. The Morgan fingerprint density at radius 1 is 1.11 bits per heavy atom. The van der Waals surface area contributed by atoms with E-state index in [1.807, 2.05) is 36.4 Å². The number of hydrogen-bond acceptors (Lipinski definition) is 3. The lowest BCUT2D eigenvalue weighted by Gasteiger charge is -2.14. The zero-order valence-electron chi connectivity index (χ0n) is 13.7. The molecule has 27 heavy (non-hydrogen) atoms. The zero-order valence-corrected chi connectivity index (χ0v) is 16.1. The summed E-state index contributed by atoms with van der Waals surface area (Å²) in [7, 11) is 0. The minimum atomic E-state index is -3.05. The van der Waals surface area contributed by atoms with Crippen molar-refractivity contribution in [2.24, 2.45) is 0 Å². The quantitative estimate of drug-likeness (QED) is 0.504. The summed E-state index contributed by atoms with van der Waals surface area (Å²) in [5.74, 6) is -0.245. The molecule has 0 aliphatic carbocycles. The van der Waals surface area contributed by atoms with E-state index in [2.05, 4.69) is 26.0 Å². The first-order valence-electron chi connectivity index (χ1n) is 7.77. The van der Waals surface area contributed by atoms with Gasteiger partial charge in [-0.05, 0) is 51.0 Å². The standard InChI is InChI=1S/C19H13BrClF2NO3/c20-15-8-13(21)9-16(18(15)27-19(22)23)24-17(25)10-26-14-6-5-11-3-1-2-4-12(11)7-14/h1-9,19H,10H2,(H,24,25). The Labute approximate surface area is 167 Å². The number of carbonyl (C=O) groups is 1. The van der Waals surface area contributed by atoms with Gasteiger partial charge >= 0.3 is 6.61 Å². The van der Waals surface area contributed by atoms with Gasteiger partial charge in [0.15, 0.2) is 12.4 Å². The molecule has 3 rings (SSSR count). The minimum absolute atomic E-state index is 0.0155. The fourth-order valence-electron chi connectivity index (χ4n) is 2.45. The smallest absolute Gasteiger partial charge is 0.387 e. The summed E-state index contributed by atoms with van der Waals surface area (Å²) >= 11 is 9.00. The largest absolute Gasteiger partial charge is 0.484 e. The van der Waals surface area contributed by atoms with Crippen molar-refractivity contribution in [1.82, 2.24) is 0 Å². The van der Waals surface area contributed by atoms with Crippen molar-refractivity contribution in [3.05, 3.63) is 64.1 Å². The van der Waals surface area contributed by atoms with Gasteiger partial charge in [0.05, 0.1) is 10.2 Å². The van der Waals surface area contributed by atoms with Gasteiger partial charge in [0.1, 0.15) is 5.75 Å². The van der Waals surface area contributed by atoms with Crippen molar-refractivity contribution in [3.8, 4) is 11.5 Å². The summed E-state index contributed by atoms with van der Waals surface area (Å²) < 4.78 is 35.3. The highest BCUT2D eigenvalue weighted by molar-refractivity contribution is 9.10. The van der Waals surface area contributed by atoms with Gasteiger partial charge in [0, 0.05) is 5.02 Å². The molecule has 0 atom stereocenters. The SMILES string of the molecule is O=C(COc1ccc2ccccc2c1)Nc1cc(Cl)cc(Br)c1OC(F)F. The van der Waals surface area contributed by atoms with Crippen LogP contribution in [-0.2, 0) is 4.79 Å². The van der Waals surface area contributed by atoms with Crippen LogP contribution in [0.25, 0.3) is 10.8 Å². The van der Waals surface area contributed by atoms with Crippen LogP contribution >= 0.6 is 27.5 Å². The van der Waals surface area contributed by atoms with E-state index >= 15 is 0 Å². The molecular formula is C19H13BrClF2NO3. The Morgan fingerprint density at radius 2 is 1.85 bits per heavy atom. The molecular weight excluding hydrogens is 444 g/mol. The molecule has 4 nitrogen and oxygen atoms in total. The fourth-order valence-corrected chi connectivity index (χ4v) is 3.36. The van der Waals surface area contributed by atoms with Gasteiger partial charge in [-0.2, -0.15) is 8.78 Å². The molecule has 0 aliphatic heterocycles. The van der Waals surface area contributed by atoms with Crippen LogP contribution in [0.15, 0.2) is 59.1 Å². The van der Waals surface area contributed by atoms with Crippen LogP contribution in [-0.4, -0.2) is 19.1 Å². The Kier molecular flexibility index (Phi) is 6.13. The van der Waals surface area contributed by atoms with Gasteiger partial charge < -0.3 is 14.8 Å². The Hall–Kier alpha value is -2.38. The predicted octanol–water partition coefficient (Wildman–Crippen LogP) is 5.87. The second kappa shape index (κ2) is 8.54. The molecule has 140 valence electrons. The van der Waals surface area contributed by atoms with Gasteiger partial charge in [-0.15, -0.1) is 0 Å². The van der Waals surface area contributed by atoms with E-state index in [9.17, 15) is 13.6 Å². The van der Waals surface area contributed by atoms with Crippen molar-refractivity contribution in [2.75, 3.05) is 11.9 Å². The number of nitrogens with one attached hydrogen (secondary N) is 1. The summed E-state index contributed by atoms with van der Waals surface area (Å²) in [4.78, 5) is 12.2. The maximum Gasteiger partial charge on any atom is 0.387 e. The average molecular weight is 457 g/mol. The van der Waals surface area contributed by atoms with Gasteiger partial charge in [0.25, 0.3) is 5.91 Å². The molecule has 0 bridgehead atoms. The first kappa shape index (κ1) is 19.4. The van der Waals surface area contributed by atoms with Gasteiger partial charge in [-0.3, -0.25) is 4.79 Å². The number of anilines is 1. The molecule has 1 N–H and O–H groups in total. The number of hydrogen-bond donors (Lipinski definition) is 1. The molecule has 0 saturated heterocycles. The number of amides is 1. The molecule has 3 aromatic carbocycles. The fraction of sp³-hybridized carbons (Fsp3) is 0.105. The van der Waals surface area contributed by atoms with Crippen LogP contribution in [0.1, 0.15) is 0 Å². The number of alkyl halides is 2. The molecule has 0 saturated carbocycles. The van der Waals surface area contributed by atoms with Crippen LogP contribution in [0.2, 0.25) is 5.02 Å². The number of carbonyl (C=O) groups excluding carboxylic acids is 1. The topological polar surface area (TPSA) is 47.6 Å². The van der Waals surface area contributed by atoms with Crippen LogP contribution in [0.5, 0.6) is 11.5 Å². The lowest BCUT2D eigenvalue weighted by molar-refractivity contribution is -0.118. The first-order valence-corrected chi connectivity index (χ1v) is 8.95. The lowest BCUT2D eigenvalue weighted by Crippen LogP contribution is -2.21. The van der Waals surface area contributed by atoms with Crippen LogP contribution < -0.4 is 14.8 Å². The van der Waals surface area contributed by atoms with Crippen molar-refractivity contribution < 1.29 is 23.0 Å². The van der Waals surface area contributed by atoms with Gasteiger partial charge in [0.2, 0.25) is 0 Å². The number of halogens is 4. The Morgan fingerprint density at radius 3 is 2.59 bits per heavy atom. The van der Waals surface area contributed by atoms with Crippen molar-refractivity contribution in [2.45, 2.75) is 6.61 Å². The minimum Gasteiger partial charge on any atom is -0.484 e. The third-order valence-corrected chi connectivity index (χ3v) is 4.39. The number of fused-ring (bicyclic) bond motifs is 1. The van der Waals surface area contributed by atoms with E-state index in [1.165, 1.54) is 12.1 Å². The molecule has 0 heterocycles. The van der Waals surface area contributed by atoms with E-state index in [4.69, 9.17) is 16.3 Å². The number of benzene rings is 3. The second-order valence-electron chi connectivity index (χ2n) is 5.49. The number of ether oxygens (including phenoxy) is 2. The van der Waals surface area contributed by atoms with E-state index in [0.717, 1.165) is 10.8 Å². The molecule has 3 aromatic rings. The summed E-state index contributed by atoms with van der Waals surface area (Å²) in [5.41, 5.74) is 0.0155. The molecule has 0 aromatic heterocycles. The molecule has 0 fully saturated rings. The highest BCUT2D eigenvalue weighted by atomic mass is 79.9. The van der Waals surface area contributed by atoms with E-state index in [-0.39, 0.29) is 27.5 Å². The molecule has 0 spiro atoms. The summed E-state index contributed by atoms with van der Waals surface area (Å²) in [6, 6.07) is 15.9. The third kappa shape index (κ3) is 5.08. The summed E-state index contributed by atoms with van der Waals surface area (Å²) in [6.45, 7) is -3.36. The van der Waals surface area contributed by atoms with Crippen molar-refractivity contribution in [3.63, 3.8) is 0 Å². The normalized spacial score (nSPS) is 10.9. The summed E-state index contributed by atoms with van der Waals surface area (Å²) in [5, 5.41) is 4.73. The van der Waals surface area contributed by atoms with Crippen LogP contribution in [0.4, 0.5) is 14.5 Å². The van der Waals surface area contributed by atoms with E-state index in [1.54, 1.807) is 6.07 Å². The van der Waals surface area contributed by atoms with Crippen LogP contribution in [0.3, 0.4) is 0 Å². The maximum atomic E-state index is 12.6. The van der Waals surface area contributed by atoms with E-state index in [0.29, 0.717) is 5.75 Å².